The molecule has 10 heteroatoms. The summed E-state index contributed by atoms with van der Waals surface area (Å²) >= 11 is 0. The Morgan fingerprint density at radius 1 is 1.11 bits per heavy atom. The van der Waals surface area contributed by atoms with E-state index in [1.807, 2.05) is 41.0 Å². The zero-order valence-corrected chi connectivity index (χ0v) is 20.5. The van der Waals surface area contributed by atoms with Gasteiger partial charge in [0.15, 0.2) is 0 Å². The highest BCUT2D eigenvalue weighted by Gasteiger charge is 2.45. The molecule has 3 N–H and O–H groups in total. The van der Waals surface area contributed by atoms with Gasteiger partial charge in [-0.2, -0.15) is 8.78 Å². The lowest BCUT2D eigenvalue weighted by atomic mass is 9.93. The first-order chi connectivity index (χ1) is 18.1. The van der Waals surface area contributed by atoms with Crippen LogP contribution in [0.3, 0.4) is 0 Å². The van der Waals surface area contributed by atoms with Crippen LogP contribution >= 0.6 is 0 Å². The largest absolute Gasteiger partial charge is 0.434 e. The van der Waals surface area contributed by atoms with Crippen LogP contribution in [0.2, 0.25) is 0 Å². The maximum absolute atomic E-state index is 13.3. The second-order valence-electron chi connectivity index (χ2n) is 10.2. The van der Waals surface area contributed by atoms with E-state index < -0.39 is 18.2 Å². The summed E-state index contributed by atoms with van der Waals surface area (Å²) in [6.07, 6.45) is 0.501. The zero-order valence-electron chi connectivity index (χ0n) is 20.5. The second kappa shape index (κ2) is 7.61. The van der Waals surface area contributed by atoms with Crippen LogP contribution < -0.4 is 15.8 Å². The maximum Gasteiger partial charge on any atom is 0.387 e. The summed E-state index contributed by atoms with van der Waals surface area (Å²) in [5.41, 5.74) is 10.6. The summed E-state index contributed by atoms with van der Waals surface area (Å²) in [6, 6.07) is 15.5. The number of aromatic nitrogens is 2. The number of ether oxygens (including phenoxy) is 1. The van der Waals surface area contributed by atoms with Crippen LogP contribution in [0, 0.1) is 0 Å². The fourth-order valence-corrected chi connectivity index (χ4v) is 6.11. The third-order valence-corrected chi connectivity index (χ3v) is 8.04. The first-order valence-corrected chi connectivity index (χ1v) is 12.3. The molecule has 2 bridgehead atoms. The van der Waals surface area contributed by atoms with Crippen LogP contribution in [-0.4, -0.2) is 39.9 Å². The van der Waals surface area contributed by atoms with Gasteiger partial charge in [-0.3, -0.25) is 9.59 Å². The number of fused-ring (bicyclic) bond motifs is 10. The molecule has 3 aliphatic heterocycles. The topological polar surface area (TPSA) is 102 Å². The molecule has 0 saturated carbocycles. The van der Waals surface area contributed by atoms with Gasteiger partial charge in [0.1, 0.15) is 17.1 Å². The Morgan fingerprint density at radius 2 is 1.87 bits per heavy atom. The first kappa shape index (κ1) is 22.9. The fourth-order valence-electron chi connectivity index (χ4n) is 6.11. The number of alkyl halides is 2. The molecule has 0 fully saturated rings. The SMILES string of the molecule is CN1C(=O)c2cccc(OC(F)F)c2[C@H]2C[C@@H]1c1nc3ccc(-c4ccc5c(c4)NC(=O)C5(C)N)cc3n12. The molecule has 1 aromatic heterocycles. The summed E-state index contributed by atoms with van der Waals surface area (Å²) in [6.45, 7) is -1.34. The summed E-state index contributed by atoms with van der Waals surface area (Å²) < 4.78 is 33.6. The van der Waals surface area contributed by atoms with Crippen LogP contribution in [0.5, 0.6) is 5.75 Å². The molecule has 4 heterocycles. The molecule has 192 valence electrons. The van der Waals surface area contributed by atoms with E-state index >= 15 is 0 Å². The lowest BCUT2D eigenvalue weighted by Crippen LogP contribution is -2.40. The number of imidazole rings is 1. The lowest BCUT2D eigenvalue weighted by molar-refractivity contribution is -0.120. The number of carbonyl (C=O) groups excluding carboxylic acids is 2. The first-order valence-electron chi connectivity index (χ1n) is 12.3. The summed E-state index contributed by atoms with van der Waals surface area (Å²) in [4.78, 5) is 32.1. The molecular weight excluding hydrogens is 492 g/mol. The van der Waals surface area contributed by atoms with Crippen LogP contribution in [0.1, 0.15) is 52.7 Å². The van der Waals surface area contributed by atoms with Crippen molar-refractivity contribution >= 4 is 28.5 Å². The molecule has 3 aliphatic rings. The van der Waals surface area contributed by atoms with Gasteiger partial charge in [-0.05, 0) is 48.4 Å². The Labute approximate surface area is 216 Å². The highest BCUT2D eigenvalue weighted by atomic mass is 19.3. The van der Waals surface area contributed by atoms with Crippen molar-refractivity contribution in [3.63, 3.8) is 0 Å². The third kappa shape index (κ3) is 3.00. The van der Waals surface area contributed by atoms with E-state index in [0.717, 1.165) is 27.7 Å². The van der Waals surface area contributed by atoms with Gasteiger partial charge < -0.3 is 25.3 Å². The van der Waals surface area contributed by atoms with Crippen molar-refractivity contribution in [2.45, 2.75) is 37.6 Å². The average molecular weight is 516 g/mol. The third-order valence-electron chi connectivity index (χ3n) is 8.04. The van der Waals surface area contributed by atoms with Gasteiger partial charge in [0.05, 0.1) is 23.1 Å². The van der Waals surface area contributed by atoms with Gasteiger partial charge in [0.2, 0.25) is 5.91 Å². The highest BCUT2D eigenvalue weighted by molar-refractivity contribution is 6.06. The van der Waals surface area contributed by atoms with E-state index in [2.05, 4.69) is 5.32 Å². The van der Waals surface area contributed by atoms with Crippen molar-refractivity contribution in [1.29, 1.82) is 0 Å². The van der Waals surface area contributed by atoms with E-state index in [1.54, 1.807) is 31.0 Å². The number of nitrogens with one attached hydrogen (secondary N) is 1. The van der Waals surface area contributed by atoms with Gasteiger partial charge in [0, 0.05) is 35.8 Å². The molecule has 8 nitrogen and oxygen atoms in total. The zero-order chi connectivity index (χ0) is 26.5. The van der Waals surface area contributed by atoms with E-state index in [9.17, 15) is 18.4 Å². The normalized spacial score (nSPS) is 23.4. The van der Waals surface area contributed by atoms with E-state index in [0.29, 0.717) is 29.1 Å². The Hall–Kier alpha value is -4.31. The van der Waals surface area contributed by atoms with E-state index in [-0.39, 0.29) is 23.6 Å². The average Bonchev–Trinajstić information content (AvgIpc) is 3.48. The van der Waals surface area contributed by atoms with Crippen molar-refractivity contribution in [1.82, 2.24) is 14.5 Å². The molecule has 3 aromatic carbocycles. The number of benzene rings is 3. The van der Waals surface area contributed by atoms with Gasteiger partial charge in [0.25, 0.3) is 5.91 Å². The van der Waals surface area contributed by atoms with Gasteiger partial charge in [-0.1, -0.05) is 24.3 Å². The molecule has 2 amide bonds. The number of carbonyl (C=O) groups is 2. The number of halogens is 2. The van der Waals surface area contributed by atoms with Gasteiger partial charge in [-0.25, -0.2) is 4.98 Å². The minimum absolute atomic E-state index is 0.00467. The smallest absolute Gasteiger partial charge is 0.387 e. The molecule has 0 aliphatic carbocycles. The standard InChI is InChI=1S/C28H23F2N5O3/c1-28(31)16-8-6-13(10-18(16)33-26(28)37)14-7-9-17-19(11-14)35-20-12-21(24(35)32-17)34(2)25(36)15-4-3-5-22(23(15)20)38-27(29)30/h3-11,20-21,27H,12,31H2,1-2H3,(H,33,37)/t20-,21-,28?/m1/s1. The number of anilines is 1. The lowest BCUT2D eigenvalue weighted by Gasteiger charge is -2.24. The summed E-state index contributed by atoms with van der Waals surface area (Å²) in [5.74, 6) is 0.195. The quantitative estimate of drug-likeness (QED) is 0.417. The number of hydrogen-bond donors (Lipinski definition) is 2. The number of hydrogen-bond acceptors (Lipinski definition) is 5. The van der Waals surface area contributed by atoms with Crippen LogP contribution in [0.15, 0.2) is 54.6 Å². The van der Waals surface area contributed by atoms with E-state index in [4.69, 9.17) is 15.5 Å². The fraction of sp³-hybridized carbons (Fsp3) is 0.250. The van der Waals surface area contributed by atoms with Crippen molar-refractivity contribution in [3.05, 3.63) is 77.1 Å². The molecule has 3 atom stereocenters. The molecule has 7 rings (SSSR count). The molecule has 38 heavy (non-hydrogen) atoms. The number of amides is 2. The number of rotatable bonds is 3. The highest BCUT2D eigenvalue weighted by Crippen LogP contribution is 2.50. The van der Waals surface area contributed by atoms with Gasteiger partial charge in [-0.15, -0.1) is 0 Å². The number of nitrogens with zero attached hydrogens (tertiary/aromatic N) is 3. The van der Waals surface area contributed by atoms with Crippen molar-refractivity contribution in [2.24, 2.45) is 5.73 Å². The summed E-state index contributed by atoms with van der Waals surface area (Å²) in [7, 11) is 1.71. The molecular formula is C28H23F2N5O3. The molecule has 0 radical (unpaired) electrons. The predicted molar refractivity (Wildman–Crippen MR) is 136 cm³/mol. The Kier molecular flexibility index (Phi) is 4.58. The Balaban J connectivity index is 1.40. The maximum atomic E-state index is 13.3. The van der Waals surface area contributed by atoms with Crippen LogP contribution in [-0.2, 0) is 10.3 Å². The molecule has 0 saturated heterocycles. The summed E-state index contributed by atoms with van der Waals surface area (Å²) in [5, 5.41) is 2.86. The Bertz CT molecular complexity index is 1700. The molecule has 4 aromatic rings. The predicted octanol–water partition coefficient (Wildman–Crippen LogP) is 4.55. The van der Waals surface area contributed by atoms with Crippen molar-refractivity contribution in [2.75, 3.05) is 12.4 Å². The molecule has 1 unspecified atom stereocenters. The number of nitrogens with two attached hydrogens (primary N) is 1. The second-order valence-corrected chi connectivity index (χ2v) is 10.2. The van der Waals surface area contributed by atoms with Crippen LogP contribution in [0.4, 0.5) is 14.5 Å². The minimum atomic E-state index is -3.02. The van der Waals surface area contributed by atoms with Gasteiger partial charge >= 0.3 is 6.61 Å². The minimum Gasteiger partial charge on any atom is -0.434 e. The molecule has 0 spiro atoms. The monoisotopic (exact) mass is 515 g/mol. The van der Waals surface area contributed by atoms with E-state index in [1.165, 1.54) is 6.07 Å². The van der Waals surface area contributed by atoms with Crippen molar-refractivity contribution < 1.29 is 23.1 Å². The van der Waals surface area contributed by atoms with Crippen molar-refractivity contribution in [3.8, 4) is 16.9 Å². The van der Waals surface area contributed by atoms with Crippen LogP contribution in [0.25, 0.3) is 22.2 Å². The Morgan fingerprint density at radius 3 is 2.66 bits per heavy atom.